The number of rotatable bonds is 5. The first-order valence-corrected chi connectivity index (χ1v) is 12.1. The Balaban J connectivity index is 1.39. The highest BCUT2D eigenvalue weighted by atomic mass is 32.2. The molecular formula is C28H27N3OS. The third-order valence-corrected chi connectivity index (χ3v) is 7.17. The molecule has 0 aliphatic carbocycles. The van der Waals surface area contributed by atoms with Crippen molar-refractivity contribution >= 4 is 40.2 Å². The Hall–Kier alpha value is -3.44. The van der Waals surface area contributed by atoms with Crippen LogP contribution in [0.5, 0.6) is 0 Å². The fraction of sp³-hybridized carbons (Fsp3) is 0.179. The zero-order valence-corrected chi connectivity index (χ0v) is 19.9. The van der Waals surface area contributed by atoms with Crippen molar-refractivity contribution < 1.29 is 4.79 Å². The molecule has 33 heavy (non-hydrogen) atoms. The lowest BCUT2D eigenvalue weighted by Crippen LogP contribution is -2.30. The minimum atomic E-state index is -0.180. The van der Waals surface area contributed by atoms with Crippen molar-refractivity contribution in [2.45, 2.75) is 32.7 Å². The number of benzene rings is 3. The van der Waals surface area contributed by atoms with Gasteiger partial charge >= 0.3 is 0 Å². The second kappa shape index (κ2) is 8.83. The van der Waals surface area contributed by atoms with Crippen molar-refractivity contribution in [1.29, 1.82) is 0 Å². The first-order valence-electron chi connectivity index (χ1n) is 11.2. The van der Waals surface area contributed by atoms with Gasteiger partial charge in [-0.3, -0.25) is 4.79 Å². The third-order valence-electron chi connectivity index (χ3n) is 6.14. The highest BCUT2D eigenvalue weighted by Gasteiger charge is 2.27. The van der Waals surface area contributed by atoms with Crippen molar-refractivity contribution in [2.75, 3.05) is 5.32 Å². The Bertz CT molecular complexity index is 1370. The maximum Gasteiger partial charge on any atom is 0.260 e. The summed E-state index contributed by atoms with van der Waals surface area (Å²) in [4.78, 5) is 13.4. The molecule has 1 amide bonds. The Labute approximate surface area is 198 Å². The lowest BCUT2D eigenvalue weighted by molar-refractivity contribution is -0.116. The standard InChI is InChI=1S/C28H27N3OS/c1-4-20-9-12-24(13-10-20)29-28-30-27(32)26(33-28)17-23-15-18(2)31(19(23)3)25-14-11-21-7-5-6-8-22(21)16-25/h5-17,28-29H,4H2,1-3H3,(H,30,32)/b26-17-/t28-/m1/s1. The number of hydrogen-bond acceptors (Lipinski definition) is 3. The Morgan fingerprint density at radius 2 is 1.76 bits per heavy atom. The summed E-state index contributed by atoms with van der Waals surface area (Å²) in [7, 11) is 0. The van der Waals surface area contributed by atoms with Crippen LogP contribution in [-0.2, 0) is 11.2 Å². The number of aryl methyl sites for hydroxylation is 2. The average molecular weight is 454 g/mol. The molecule has 1 atom stereocenters. The number of carbonyl (C=O) groups is 1. The fourth-order valence-electron chi connectivity index (χ4n) is 4.34. The quantitative estimate of drug-likeness (QED) is 0.343. The van der Waals surface area contributed by atoms with Crippen LogP contribution in [0, 0.1) is 13.8 Å². The van der Waals surface area contributed by atoms with Crippen LogP contribution in [-0.4, -0.2) is 16.0 Å². The van der Waals surface area contributed by atoms with E-state index in [1.54, 1.807) is 0 Å². The molecule has 1 aliphatic heterocycles. The zero-order chi connectivity index (χ0) is 22.9. The number of aromatic nitrogens is 1. The van der Waals surface area contributed by atoms with Crippen molar-refractivity contribution in [3.05, 3.63) is 100 Å². The van der Waals surface area contributed by atoms with E-state index < -0.39 is 0 Å². The number of anilines is 1. The van der Waals surface area contributed by atoms with E-state index in [9.17, 15) is 4.79 Å². The van der Waals surface area contributed by atoms with Crippen LogP contribution in [0.4, 0.5) is 5.69 Å². The van der Waals surface area contributed by atoms with Gasteiger partial charge in [-0.2, -0.15) is 0 Å². The van der Waals surface area contributed by atoms with Gasteiger partial charge in [0.05, 0.1) is 4.91 Å². The monoisotopic (exact) mass is 453 g/mol. The topological polar surface area (TPSA) is 46.1 Å². The summed E-state index contributed by atoms with van der Waals surface area (Å²) in [6.07, 6.45) is 3.02. The second-order valence-corrected chi connectivity index (χ2v) is 9.52. The predicted octanol–water partition coefficient (Wildman–Crippen LogP) is 6.41. The number of nitrogens with zero attached hydrogens (tertiary/aromatic N) is 1. The molecule has 0 unspecified atom stereocenters. The zero-order valence-electron chi connectivity index (χ0n) is 19.1. The van der Waals surface area contributed by atoms with Gasteiger partial charge in [-0.15, -0.1) is 0 Å². The molecular weight excluding hydrogens is 426 g/mol. The molecule has 0 saturated carbocycles. The SMILES string of the molecule is CCc1ccc(N[C@@H]2NC(=O)/C(=C/c3cc(C)n(-c4ccc5ccccc5c4)c3C)S2)cc1. The summed E-state index contributed by atoms with van der Waals surface area (Å²) in [5, 5.41) is 8.88. The third kappa shape index (κ3) is 4.29. The van der Waals surface area contributed by atoms with E-state index in [0.29, 0.717) is 0 Å². The van der Waals surface area contributed by atoms with Gasteiger partial charge < -0.3 is 15.2 Å². The maximum absolute atomic E-state index is 12.7. The van der Waals surface area contributed by atoms with Gasteiger partial charge in [-0.25, -0.2) is 0 Å². The van der Waals surface area contributed by atoms with E-state index >= 15 is 0 Å². The van der Waals surface area contributed by atoms with E-state index in [2.05, 4.69) is 109 Å². The van der Waals surface area contributed by atoms with Crippen LogP contribution in [0.3, 0.4) is 0 Å². The second-order valence-electron chi connectivity index (χ2n) is 8.37. The number of thioether (sulfide) groups is 1. The van der Waals surface area contributed by atoms with E-state index in [4.69, 9.17) is 0 Å². The molecule has 4 aromatic rings. The molecule has 5 heteroatoms. The fourth-order valence-corrected chi connectivity index (χ4v) is 5.32. The van der Waals surface area contributed by atoms with Crippen molar-refractivity contribution in [2.24, 2.45) is 0 Å². The van der Waals surface area contributed by atoms with E-state index in [1.807, 2.05) is 6.08 Å². The first kappa shape index (κ1) is 21.4. The number of amides is 1. The summed E-state index contributed by atoms with van der Waals surface area (Å²) in [6.45, 7) is 6.36. The average Bonchev–Trinajstić information content (AvgIpc) is 3.31. The number of carbonyl (C=O) groups excluding carboxylic acids is 1. The molecule has 5 rings (SSSR count). The van der Waals surface area contributed by atoms with Crippen LogP contribution in [0.25, 0.3) is 22.5 Å². The minimum Gasteiger partial charge on any atom is -0.357 e. The van der Waals surface area contributed by atoms with E-state index in [0.717, 1.165) is 39.7 Å². The molecule has 1 aromatic heterocycles. The molecule has 2 N–H and O–H groups in total. The molecule has 1 fully saturated rings. The van der Waals surface area contributed by atoms with Gasteiger partial charge in [0.15, 0.2) is 5.50 Å². The maximum atomic E-state index is 12.7. The van der Waals surface area contributed by atoms with Crippen LogP contribution < -0.4 is 10.6 Å². The Morgan fingerprint density at radius 1 is 1.00 bits per heavy atom. The number of nitrogens with one attached hydrogen (secondary N) is 2. The normalized spacial score (nSPS) is 17.0. The summed E-state index contributed by atoms with van der Waals surface area (Å²) in [5.41, 5.74) is 6.57. The van der Waals surface area contributed by atoms with Crippen molar-refractivity contribution in [1.82, 2.24) is 9.88 Å². The summed E-state index contributed by atoms with van der Waals surface area (Å²) in [6, 6.07) is 25.4. The van der Waals surface area contributed by atoms with Gasteiger partial charge in [0.2, 0.25) is 0 Å². The van der Waals surface area contributed by atoms with Gasteiger partial charge in [0.1, 0.15) is 0 Å². The van der Waals surface area contributed by atoms with Gasteiger partial charge in [-0.05, 0) is 78.6 Å². The molecule has 1 aliphatic rings. The van der Waals surface area contributed by atoms with Gasteiger partial charge in [0, 0.05) is 22.8 Å². The number of fused-ring (bicyclic) bond motifs is 1. The Morgan fingerprint density at radius 3 is 2.52 bits per heavy atom. The van der Waals surface area contributed by atoms with Gasteiger partial charge in [-0.1, -0.05) is 61.2 Å². The van der Waals surface area contributed by atoms with Crippen LogP contribution in [0.1, 0.15) is 29.4 Å². The van der Waals surface area contributed by atoms with Crippen molar-refractivity contribution in [3.8, 4) is 5.69 Å². The van der Waals surface area contributed by atoms with E-state index in [1.165, 1.54) is 28.1 Å². The summed E-state index contributed by atoms with van der Waals surface area (Å²) in [5.74, 6) is -0.0433. The van der Waals surface area contributed by atoms with Crippen molar-refractivity contribution in [3.63, 3.8) is 0 Å². The molecule has 0 spiro atoms. The molecule has 0 bridgehead atoms. The number of hydrogen-bond donors (Lipinski definition) is 2. The summed E-state index contributed by atoms with van der Waals surface area (Å²) >= 11 is 1.52. The largest absolute Gasteiger partial charge is 0.357 e. The van der Waals surface area contributed by atoms with Crippen LogP contribution in [0.15, 0.2) is 77.7 Å². The molecule has 2 heterocycles. The van der Waals surface area contributed by atoms with E-state index in [-0.39, 0.29) is 11.4 Å². The van der Waals surface area contributed by atoms with Crippen LogP contribution in [0.2, 0.25) is 0 Å². The smallest absolute Gasteiger partial charge is 0.260 e. The highest BCUT2D eigenvalue weighted by Crippen LogP contribution is 2.32. The Kier molecular flexibility index (Phi) is 5.73. The summed E-state index contributed by atoms with van der Waals surface area (Å²) < 4.78 is 2.25. The molecule has 4 nitrogen and oxygen atoms in total. The minimum absolute atomic E-state index is 0.0433. The first-order chi connectivity index (χ1) is 16.0. The molecule has 3 aromatic carbocycles. The van der Waals surface area contributed by atoms with Gasteiger partial charge in [0.25, 0.3) is 5.91 Å². The highest BCUT2D eigenvalue weighted by molar-refractivity contribution is 8.05. The molecule has 0 radical (unpaired) electrons. The lowest BCUT2D eigenvalue weighted by atomic mass is 10.1. The lowest BCUT2D eigenvalue weighted by Gasteiger charge is -2.13. The molecule has 1 saturated heterocycles. The van der Waals surface area contributed by atoms with Crippen LogP contribution >= 0.6 is 11.8 Å². The predicted molar refractivity (Wildman–Crippen MR) is 140 cm³/mol. The molecule has 166 valence electrons.